The van der Waals surface area contributed by atoms with Crippen LogP contribution in [-0.2, 0) is 4.74 Å². The van der Waals surface area contributed by atoms with Crippen LogP contribution in [0, 0.1) is 5.82 Å². The molecule has 0 aliphatic heterocycles. The number of rotatable bonds is 3. The molecule has 0 radical (unpaired) electrons. The number of halogens is 1. The molecule has 5 heteroatoms. The molecule has 1 aromatic rings. The number of hydrogen-bond acceptors (Lipinski definition) is 3. The first kappa shape index (κ1) is 14.2. The molecule has 18 heavy (non-hydrogen) atoms. The van der Waals surface area contributed by atoms with Gasteiger partial charge in [0.05, 0.1) is 18.7 Å². The van der Waals surface area contributed by atoms with Gasteiger partial charge in [-0.15, -0.1) is 0 Å². The maximum absolute atomic E-state index is 13.4. The fraction of sp³-hybridized carbons (Fsp3) is 0.385. The third-order valence-electron chi connectivity index (χ3n) is 2.46. The van der Waals surface area contributed by atoms with Gasteiger partial charge in [-0.1, -0.05) is 19.1 Å². The maximum atomic E-state index is 13.4. The van der Waals surface area contributed by atoms with E-state index in [9.17, 15) is 9.18 Å². The molecular weight excluding hydrogens is 235 g/mol. The highest BCUT2D eigenvalue weighted by atomic mass is 19.1. The maximum Gasteiger partial charge on any atom is 0.291 e. The van der Waals surface area contributed by atoms with E-state index < -0.39 is 11.7 Å². The lowest BCUT2D eigenvalue weighted by atomic mass is 10.2. The van der Waals surface area contributed by atoms with Gasteiger partial charge < -0.3 is 4.74 Å². The average Bonchev–Trinajstić information content (AvgIpc) is 2.38. The molecule has 0 spiro atoms. The number of methoxy groups -OCH3 is 1. The highest BCUT2D eigenvalue weighted by Gasteiger charge is 2.13. The molecule has 0 unspecified atom stereocenters. The minimum atomic E-state index is -0.575. The van der Waals surface area contributed by atoms with Gasteiger partial charge in [-0.3, -0.25) is 10.1 Å². The van der Waals surface area contributed by atoms with E-state index in [1.807, 2.05) is 13.8 Å². The zero-order valence-corrected chi connectivity index (χ0v) is 10.7. The molecule has 1 N–H and O–H groups in total. The van der Waals surface area contributed by atoms with Crippen molar-refractivity contribution in [2.45, 2.75) is 26.3 Å². The van der Waals surface area contributed by atoms with Crippen molar-refractivity contribution in [3.05, 3.63) is 35.6 Å². The number of hydrogen-bond donors (Lipinski definition) is 1. The SMILES string of the molecule is CC[C@@H](C)N=C(NC(=O)c1ccccc1F)OC. The Morgan fingerprint density at radius 2 is 2.17 bits per heavy atom. The van der Waals surface area contributed by atoms with Gasteiger partial charge in [0.25, 0.3) is 11.9 Å². The highest BCUT2D eigenvalue weighted by molar-refractivity contribution is 6.04. The summed E-state index contributed by atoms with van der Waals surface area (Å²) in [6.45, 7) is 3.87. The van der Waals surface area contributed by atoms with Crippen LogP contribution in [0.4, 0.5) is 4.39 Å². The summed E-state index contributed by atoms with van der Waals surface area (Å²) in [5, 5.41) is 2.44. The molecule has 0 aromatic heterocycles. The normalized spacial score (nSPS) is 13.0. The number of benzene rings is 1. The second-order valence-electron chi connectivity index (χ2n) is 3.83. The molecule has 4 nitrogen and oxygen atoms in total. The van der Waals surface area contributed by atoms with Crippen molar-refractivity contribution in [2.24, 2.45) is 4.99 Å². The summed E-state index contributed by atoms with van der Waals surface area (Å²) in [5.41, 5.74) is -0.0357. The van der Waals surface area contributed by atoms with Gasteiger partial charge in [-0.2, -0.15) is 0 Å². The molecule has 1 atom stereocenters. The molecule has 0 aliphatic rings. The number of carbonyl (C=O) groups is 1. The molecule has 0 aliphatic carbocycles. The smallest absolute Gasteiger partial charge is 0.291 e. The minimum absolute atomic E-state index is 0.0286. The predicted molar refractivity (Wildman–Crippen MR) is 68.1 cm³/mol. The molecule has 0 saturated carbocycles. The van der Waals surface area contributed by atoms with Crippen molar-refractivity contribution in [1.82, 2.24) is 5.32 Å². The number of ether oxygens (including phenoxy) is 1. The summed E-state index contributed by atoms with van der Waals surface area (Å²) in [5.74, 6) is -1.15. The van der Waals surface area contributed by atoms with Gasteiger partial charge in [0.15, 0.2) is 0 Å². The van der Waals surface area contributed by atoms with Crippen molar-refractivity contribution < 1.29 is 13.9 Å². The fourth-order valence-corrected chi connectivity index (χ4v) is 1.24. The summed E-state index contributed by atoms with van der Waals surface area (Å²) in [7, 11) is 1.41. The van der Waals surface area contributed by atoms with E-state index in [2.05, 4.69) is 10.3 Å². The molecule has 98 valence electrons. The first-order chi connectivity index (χ1) is 8.58. The van der Waals surface area contributed by atoms with Crippen LogP contribution < -0.4 is 5.32 Å². The number of aliphatic imine (C=N–C) groups is 1. The zero-order valence-electron chi connectivity index (χ0n) is 10.7. The molecule has 0 fully saturated rings. The van der Waals surface area contributed by atoms with E-state index in [0.717, 1.165) is 6.42 Å². The minimum Gasteiger partial charge on any atom is -0.468 e. The van der Waals surface area contributed by atoms with E-state index in [1.54, 1.807) is 6.07 Å². The summed E-state index contributed by atoms with van der Waals surface area (Å²) in [6, 6.07) is 5.87. The Morgan fingerprint density at radius 1 is 1.50 bits per heavy atom. The highest BCUT2D eigenvalue weighted by Crippen LogP contribution is 2.06. The number of nitrogens with zero attached hydrogens (tertiary/aromatic N) is 1. The van der Waals surface area contributed by atoms with Gasteiger partial charge >= 0.3 is 0 Å². The standard InChI is InChI=1S/C13H17FN2O2/c1-4-9(2)15-13(18-3)16-12(17)10-7-5-6-8-11(10)14/h5-9H,4H2,1-3H3,(H,15,16,17)/t9-/m1/s1. The fourth-order valence-electron chi connectivity index (χ4n) is 1.24. The van der Waals surface area contributed by atoms with Crippen LogP contribution in [0.3, 0.4) is 0 Å². The quantitative estimate of drug-likeness (QED) is 0.663. The molecule has 0 heterocycles. The largest absolute Gasteiger partial charge is 0.468 e. The van der Waals surface area contributed by atoms with Crippen LogP contribution >= 0.6 is 0 Å². The van der Waals surface area contributed by atoms with Crippen molar-refractivity contribution >= 4 is 11.9 Å². The van der Waals surface area contributed by atoms with Crippen LogP contribution in [0.1, 0.15) is 30.6 Å². The Morgan fingerprint density at radius 3 is 2.72 bits per heavy atom. The van der Waals surface area contributed by atoms with Crippen LogP contribution in [0.15, 0.2) is 29.3 Å². The number of amides is 1. The first-order valence-corrected chi connectivity index (χ1v) is 5.76. The average molecular weight is 252 g/mol. The van der Waals surface area contributed by atoms with Gasteiger partial charge in [0.1, 0.15) is 5.82 Å². The molecule has 0 saturated heterocycles. The summed E-state index contributed by atoms with van der Waals surface area (Å²) < 4.78 is 18.3. The molecule has 1 rings (SSSR count). The van der Waals surface area contributed by atoms with E-state index in [4.69, 9.17) is 4.74 Å². The van der Waals surface area contributed by atoms with Gasteiger partial charge in [-0.05, 0) is 25.5 Å². The lowest BCUT2D eigenvalue weighted by Gasteiger charge is -2.10. The second-order valence-corrected chi connectivity index (χ2v) is 3.83. The Kier molecular flexibility index (Phi) is 5.30. The Bertz CT molecular complexity index is 446. The van der Waals surface area contributed by atoms with Crippen molar-refractivity contribution in [1.29, 1.82) is 0 Å². The van der Waals surface area contributed by atoms with Gasteiger partial charge in [0, 0.05) is 0 Å². The van der Waals surface area contributed by atoms with E-state index in [1.165, 1.54) is 25.3 Å². The monoisotopic (exact) mass is 252 g/mol. The molecule has 1 amide bonds. The third kappa shape index (κ3) is 3.84. The van der Waals surface area contributed by atoms with Crippen LogP contribution in [0.2, 0.25) is 0 Å². The Labute approximate surface area is 106 Å². The lowest BCUT2D eigenvalue weighted by Crippen LogP contribution is -2.33. The van der Waals surface area contributed by atoms with Crippen molar-refractivity contribution in [3.8, 4) is 0 Å². The van der Waals surface area contributed by atoms with Crippen molar-refractivity contribution in [3.63, 3.8) is 0 Å². The predicted octanol–water partition coefficient (Wildman–Crippen LogP) is 2.36. The second kappa shape index (κ2) is 6.74. The van der Waals surface area contributed by atoms with E-state index >= 15 is 0 Å². The molecule has 1 aromatic carbocycles. The topological polar surface area (TPSA) is 50.7 Å². The molecule has 0 bridgehead atoms. The van der Waals surface area contributed by atoms with E-state index in [0.29, 0.717) is 0 Å². The number of amidine groups is 1. The number of carbonyl (C=O) groups excluding carboxylic acids is 1. The Hall–Kier alpha value is -1.91. The van der Waals surface area contributed by atoms with Crippen LogP contribution in [-0.4, -0.2) is 25.1 Å². The first-order valence-electron chi connectivity index (χ1n) is 5.76. The summed E-state index contributed by atoms with van der Waals surface area (Å²) >= 11 is 0. The Balaban J connectivity index is 2.81. The van der Waals surface area contributed by atoms with Gasteiger partial charge in [-0.25, -0.2) is 9.38 Å². The van der Waals surface area contributed by atoms with E-state index in [-0.39, 0.29) is 17.6 Å². The third-order valence-corrected chi connectivity index (χ3v) is 2.46. The zero-order chi connectivity index (χ0) is 13.5. The lowest BCUT2D eigenvalue weighted by molar-refractivity contribution is 0.0964. The van der Waals surface area contributed by atoms with Gasteiger partial charge in [0.2, 0.25) is 0 Å². The van der Waals surface area contributed by atoms with Crippen LogP contribution in [0.25, 0.3) is 0 Å². The van der Waals surface area contributed by atoms with Crippen LogP contribution in [0.5, 0.6) is 0 Å². The summed E-state index contributed by atoms with van der Waals surface area (Å²) in [6.07, 6.45) is 0.822. The summed E-state index contributed by atoms with van der Waals surface area (Å²) in [4.78, 5) is 15.9. The van der Waals surface area contributed by atoms with Crippen molar-refractivity contribution in [2.75, 3.05) is 7.11 Å². The number of nitrogens with one attached hydrogen (secondary N) is 1. The molecular formula is C13H17FN2O2.